The summed E-state index contributed by atoms with van der Waals surface area (Å²) in [6.07, 6.45) is 1.16. The molecule has 92 valence electrons. The van der Waals surface area contributed by atoms with E-state index in [1.54, 1.807) is 18.2 Å². The third-order valence-electron chi connectivity index (χ3n) is 2.46. The number of halogens is 2. The van der Waals surface area contributed by atoms with Crippen LogP contribution in [0.3, 0.4) is 0 Å². The van der Waals surface area contributed by atoms with Gasteiger partial charge >= 0.3 is 5.97 Å². The zero-order valence-electron chi connectivity index (χ0n) is 9.23. The molecular weight excluding hydrogens is 257 g/mol. The Morgan fingerprint density at radius 1 is 1.33 bits per heavy atom. The smallest absolute Gasteiger partial charge is 0.307 e. The lowest BCUT2D eigenvalue weighted by molar-refractivity contribution is -0.136. The van der Waals surface area contributed by atoms with Crippen LogP contribution in [0, 0.1) is 5.82 Å². The molecular formula is C13H9ClFNO2. The first-order valence-corrected chi connectivity index (χ1v) is 5.57. The number of nitrogens with zero attached hydrogens (tertiary/aromatic N) is 1. The van der Waals surface area contributed by atoms with Gasteiger partial charge in [0.1, 0.15) is 11.0 Å². The summed E-state index contributed by atoms with van der Waals surface area (Å²) in [5, 5.41) is 9.03. The van der Waals surface area contributed by atoms with Crippen molar-refractivity contribution in [3.05, 3.63) is 53.1 Å². The lowest BCUT2D eigenvalue weighted by atomic mass is 10.00. The van der Waals surface area contributed by atoms with Crippen LogP contribution in [0.4, 0.5) is 4.39 Å². The van der Waals surface area contributed by atoms with Crippen molar-refractivity contribution < 1.29 is 14.3 Å². The number of rotatable bonds is 3. The number of carbonyl (C=O) groups is 1. The highest BCUT2D eigenvalue weighted by atomic mass is 35.5. The van der Waals surface area contributed by atoms with Crippen molar-refractivity contribution in [2.75, 3.05) is 0 Å². The fraction of sp³-hybridized carbons (Fsp3) is 0.0769. The lowest BCUT2D eigenvalue weighted by Gasteiger charge is -2.08. The zero-order valence-corrected chi connectivity index (χ0v) is 9.99. The summed E-state index contributed by atoms with van der Waals surface area (Å²) >= 11 is 5.73. The van der Waals surface area contributed by atoms with Crippen molar-refractivity contribution in [2.45, 2.75) is 6.42 Å². The molecule has 3 nitrogen and oxygen atoms in total. The Morgan fingerprint density at radius 2 is 2.06 bits per heavy atom. The molecule has 0 bridgehead atoms. The summed E-state index contributed by atoms with van der Waals surface area (Å²) in [6, 6.07) is 7.58. The van der Waals surface area contributed by atoms with Crippen molar-refractivity contribution in [2.24, 2.45) is 0 Å². The Hall–Kier alpha value is -1.94. The van der Waals surface area contributed by atoms with Crippen molar-refractivity contribution in [3.8, 4) is 11.1 Å². The molecule has 0 aliphatic rings. The molecule has 1 aromatic carbocycles. The van der Waals surface area contributed by atoms with Crippen LogP contribution in [0.2, 0.25) is 5.15 Å². The van der Waals surface area contributed by atoms with E-state index in [1.807, 2.05) is 0 Å². The van der Waals surface area contributed by atoms with Gasteiger partial charge in [-0.25, -0.2) is 9.37 Å². The normalized spacial score (nSPS) is 10.3. The second-order valence-electron chi connectivity index (χ2n) is 3.71. The Kier molecular flexibility index (Phi) is 3.58. The Balaban J connectivity index is 2.57. The molecule has 2 aromatic rings. The lowest BCUT2D eigenvalue weighted by Crippen LogP contribution is -2.03. The van der Waals surface area contributed by atoms with Gasteiger partial charge in [0.2, 0.25) is 0 Å². The van der Waals surface area contributed by atoms with Gasteiger partial charge in [-0.3, -0.25) is 4.79 Å². The quantitative estimate of drug-likeness (QED) is 0.867. The zero-order chi connectivity index (χ0) is 13.1. The average Bonchev–Trinajstić information content (AvgIpc) is 2.30. The molecule has 0 saturated carbocycles. The summed E-state index contributed by atoms with van der Waals surface area (Å²) in [5.74, 6) is -1.43. The van der Waals surface area contributed by atoms with Crippen molar-refractivity contribution in [1.29, 1.82) is 0 Å². The summed E-state index contributed by atoms with van der Waals surface area (Å²) in [6.45, 7) is 0. The van der Waals surface area contributed by atoms with E-state index in [2.05, 4.69) is 4.98 Å². The summed E-state index contributed by atoms with van der Waals surface area (Å²) in [7, 11) is 0. The van der Waals surface area contributed by atoms with Gasteiger partial charge in [-0.15, -0.1) is 0 Å². The first-order valence-electron chi connectivity index (χ1n) is 5.19. The van der Waals surface area contributed by atoms with E-state index in [0.717, 1.165) is 0 Å². The predicted octanol–water partition coefficient (Wildman–Crippen LogP) is 3.17. The molecule has 0 saturated heterocycles. The number of pyridine rings is 1. The van der Waals surface area contributed by atoms with E-state index >= 15 is 0 Å². The molecule has 0 amide bonds. The van der Waals surface area contributed by atoms with Crippen LogP contribution in [0.15, 0.2) is 36.5 Å². The number of benzene rings is 1. The maximum absolute atomic E-state index is 13.7. The van der Waals surface area contributed by atoms with Crippen molar-refractivity contribution >= 4 is 17.6 Å². The highest BCUT2D eigenvalue weighted by molar-refractivity contribution is 6.29. The Bertz CT molecular complexity index is 601. The highest BCUT2D eigenvalue weighted by Gasteiger charge is 2.13. The standard InChI is InChI=1S/C13H9ClFNO2/c14-12-5-8(6-13(17)18)10(7-16-12)9-3-1-2-4-11(9)15/h1-5,7H,6H2,(H,17,18). The van der Waals surface area contributed by atoms with Crippen LogP contribution in [0.25, 0.3) is 11.1 Å². The molecule has 0 aliphatic carbocycles. The van der Waals surface area contributed by atoms with E-state index < -0.39 is 11.8 Å². The minimum atomic E-state index is -1.00. The van der Waals surface area contributed by atoms with E-state index in [0.29, 0.717) is 16.7 Å². The Morgan fingerprint density at radius 3 is 2.72 bits per heavy atom. The molecule has 18 heavy (non-hydrogen) atoms. The number of hydrogen-bond acceptors (Lipinski definition) is 2. The van der Waals surface area contributed by atoms with E-state index in [1.165, 1.54) is 18.3 Å². The summed E-state index contributed by atoms with van der Waals surface area (Å²) < 4.78 is 13.7. The summed E-state index contributed by atoms with van der Waals surface area (Å²) in [5.41, 5.74) is 1.20. The van der Waals surface area contributed by atoms with E-state index in [9.17, 15) is 9.18 Å². The molecule has 0 radical (unpaired) electrons. The predicted molar refractivity (Wildman–Crippen MR) is 66.0 cm³/mol. The van der Waals surface area contributed by atoms with Gasteiger partial charge in [0.25, 0.3) is 0 Å². The number of carboxylic acid groups (broad SMARTS) is 1. The average molecular weight is 266 g/mol. The number of carboxylic acids is 1. The van der Waals surface area contributed by atoms with Gasteiger partial charge in [0, 0.05) is 17.3 Å². The highest BCUT2D eigenvalue weighted by Crippen LogP contribution is 2.27. The van der Waals surface area contributed by atoms with Gasteiger partial charge < -0.3 is 5.11 Å². The van der Waals surface area contributed by atoms with Gasteiger partial charge in [0.15, 0.2) is 0 Å². The molecule has 0 atom stereocenters. The van der Waals surface area contributed by atoms with Crippen molar-refractivity contribution in [3.63, 3.8) is 0 Å². The largest absolute Gasteiger partial charge is 0.481 e. The molecule has 0 aliphatic heterocycles. The van der Waals surface area contributed by atoms with Crippen molar-refractivity contribution in [1.82, 2.24) is 4.98 Å². The number of aliphatic carboxylic acids is 1. The fourth-order valence-corrected chi connectivity index (χ4v) is 1.88. The number of hydrogen-bond donors (Lipinski definition) is 1. The second kappa shape index (κ2) is 5.14. The molecule has 1 N–H and O–H groups in total. The fourth-order valence-electron chi connectivity index (χ4n) is 1.70. The van der Waals surface area contributed by atoms with Crippen LogP contribution in [0.1, 0.15) is 5.56 Å². The summed E-state index contributed by atoms with van der Waals surface area (Å²) in [4.78, 5) is 14.7. The molecule has 0 unspecified atom stereocenters. The van der Waals surface area contributed by atoms with E-state index in [4.69, 9.17) is 16.7 Å². The van der Waals surface area contributed by atoms with E-state index in [-0.39, 0.29) is 11.6 Å². The maximum Gasteiger partial charge on any atom is 0.307 e. The van der Waals surface area contributed by atoms with Gasteiger partial charge in [0.05, 0.1) is 6.42 Å². The van der Waals surface area contributed by atoms with Crippen LogP contribution in [-0.2, 0) is 11.2 Å². The third-order valence-corrected chi connectivity index (χ3v) is 2.67. The minimum absolute atomic E-state index is 0.186. The molecule has 0 fully saturated rings. The van der Waals surface area contributed by atoms with Crippen LogP contribution in [-0.4, -0.2) is 16.1 Å². The molecule has 2 rings (SSSR count). The SMILES string of the molecule is O=C(O)Cc1cc(Cl)ncc1-c1ccccc1F. The monoisotopic (exact) mass is 265 g/mol. The van der Waals surface area contributed by atoms with Gasteiger partial charge in [-0.2, -0.15) is 0 Å². The second-order valence-corrected chi connectivity index (χ2v) is 4.10. The molecule has 1 heterocycles. The third kappa shape index (κ3) is 2.65. The van der Waals surface area contributed by atoms with Crippen LogP contribution >= 0.6 is 11.6 Å². The molecule has 5 heteroatoms. The Labute approximate surface area is 108 Å². The van der Waals surface area contributed by atoms with Crippen LogP contribution in [0.5, 0.6) is 0 Å². The van der Waals surface area contributed by atoms with Crippen LogP contribution < -0.4 is 0 Å². The first-order chi connectivity index (χ1) is 8.58. The number of aromatic nitrogens is 1. The van der Waals surface area contributed by atoms with Gasteiger partial charge in [-0.05, 0) is 17.7 Å². The minimum Gasteiger partial charge on any atom is -0.481 e. The maximum atomic E-state index is 13.7. The first kappa shape index (κ1) is 12.5. The van der Waals surface area contributed by atoms with Gasteiger partial charge in [-0.1, -0.05) is 29.8 Å². The topological polar surface area (TPSA) is 50.2 Å². The molecule has 0 spiro atoms. The molecule has 1 aromatic heterocycles.